The molecule has 5 heteroatoms. The van der Waals surface area contributed by atoms with Gasteiger partial charge in [-0.1, -0.05) is 33.6 Å². The molecule has 0 radical (unpaired) electrons. The predicted octanol–water partition coefficient (Wildman–Crippen LogP) is 2.84. The Kier molecular flexibility index (Phi) is 6.60. The van der Waals surface area contributed by atoms with Crippen LogP contribution in [0.5, 0.6) is 0 Å². The third kappa shape index (κ3) is 5.24. The van der Waals surface area contributed by atoms with Crippen LogP contribution in [0.15, 0.2) is 22.7 Å². The molecule has 1 aromatic carbocycles. The normalized spacial score (nSPS) is 14.8. The van der Waals surface area contributed by atoms with E-state index in [9.17, 15) is 10.2 Å². The Labute approximate surface area is 122 Å². The number of aliphatic hydroxyl groups excluding tert-OH is 2. The van der Waals surface area contributed by atoms with Gasteiger partial charge in [0, 0.05) is 22.6 Å². The third-order valence-corrected chi connectivity index (χ3v) is 3.50. The Bertz CT molecular complexity index is 387. The van der Waals surface area contributed by atoms with Gasteiger partial charge in [0.2, 0.25) is 0 Å². The first kappa shape index (κ1) is 15.9. The van der Waals surface area contributed by atoms with Crippen LogP contribution in [0.4, 0.5) is 0 Å². The third-order valence-electron chi connectivity index (χ3n) is 2.68. The Morgan fingerprint density at radius 1 is 1.39 bits per heavy atom. The van der Waals surface area contributed by atoms with E-state index >= 15 is 0 Å². The van der Waals surface area contributed by atoms with E-state index in [0.29, 0.717) is 24.5 Å². The van der Waals surface area contributed by atoms with E-state index in [-0.39, 0.29) is 6.10 Å². The molecule has 0 saturated heterocycles. The number of aliphatic hydroxyl groups is 2. The average molecular weight is 337 g/mol. The Balaban J connectivity index is 2.52. The number of benzene rings is 1. The monoisotopic (exact) mass is 335 g/mol. The molecular weight excluding hydrogens is 318 g/mol. The summed E-state index contributed by atoms with van der Waals surface area (Å²) in [6, 6.07) is 5.47. The summed E-state index contributed by atoms with van der Waals surface area (Å²) in [7, 11) is 1.92. The molecule has 0 saturated carbocycles. The second-order valence-electron chi connectivity index (χ2n) is 4.58. The summed E-state index contributed by atoms with van der Waals surface area (Å²) in [6.07, 6.45) is -0.352. The summed E-state index contributed by atoms with van der Waals surface area (Å²) < 4.78 is 0.898. The zero-order valence-electron chi connectivity index (χ0n) is 10.6. The fourth-order valence-electron chi connectivity index (χ4n) is 1.81. The number of hydrogen-bond acceptors (Lipinski definition) is 3. The Morgan fingerprint density at radius 3 is 2.61 bits per heavy atom. The number of hydrogen-bond donors (Lipinski definition) is 2. The van der Waals surface area contributed by atoms with Gasteiger partial charge in [0.05, 0.1) is 12.2 Å². The van der Waals surface area contributed by atoms with Gasteiger partial charge in [-0.15, -0.1) is 0 Å². The summed E-state index contributed by atoms with van der Waals surface area (Å²) >= 11 is 9.41. The fourth-order valence-corrected chi connectivity index (χ4v) is 2.61. The minimum absolute atomic E-state index is 0.358. The molecule has 0 bridgehead atoms. The fraction of sp³-hybridized carbons (Fsp3) is 0.538. The van der Waals surface area contributed by atoms with Gasteiger partial charge < -0.3 is 15.1 Å². The maximum Gasteiger partial charge on any atom is 0.0816 e. The topological polar surface area (TPSA) is 43.7 Å². The SMILES string of the molecule is CC(O)CN(C)CCC(O)c1ccc(Br)cc1Cl. The van der Waals surface area contributed by atoms with Crippen LogP contribution >= 0.6 is 27.5 Å². The van der Waals surface area contributed by atoms with Crippen molar-refractivity contribution in [2.24, 2.45) is 0 Å². The number of nitrogens with zero attached hydrogens (tertiary/aromatic N) is 1. The zero-order chi connectivity index (χ0) is 13.7. The minimum atomic E-state index is -0.581. The highest BCUT2D eigenvalue weighted by atomic mass is 79.9. The van der Waals surface area contributed by atoms with Crippen LogP contribution in [-0.4, -0.2) is 41.4 Å². The number of halogens is 2. The van der Waals surface area contributed by atoms with Crippen molar-refractivity contribution in [3.63, 3.8) is 0 Å². The van der Waals surface area contributed by atoms with Crippen molar-refractivity contribution in [2.45, 2.75) is 25.6 Å². The Hall–Kier alpha value is -0.130. The lowest BCUT2D eigenvalue weighted by Crippen LogP contribution is -2.29. The van der Waals surface area contributed by atoms with E-state index < -0.39 is 6.10 Å². The summed E-state index contributed by atoms with van der Waals surface area (Å²) in [5.74, 6) is 0. The molecule has 2 atom stereocenters. The van der Waals surface area contributed by atoms with Gasteiger partial charge in [-0.05, 0) is 38.1 Å². The van der Waals surface area contributed by atoms with E-state index in [1.165, 1.54) is 0 Å². The first-order valence-electron chi connectivity index (χ1n) is 5.89. The number of rotatable bonds is 6. The first-order valence-corrected chi connectivity index (χ1v) is 7.07. The van der Waals surface area contributed by atoms with Gasteiger partial charge in [-0.3, -0.25) is 0 Å². The molecule has 2 N–H and O–H groups in total. The van der Waals surface area contributed by atoms with Crippen molar-refractivity contribution in [2.75, 3.05) is 20.1 Å². The molecule has 0 aliphatic rings. The highest BCUT2D eigenvalue weighted by molar-refractivity contribution is 9.10. The van der Waals surface area contributed by atoms with Crippen molar-refractivity contribution in [3.8, 4) is 0 Å². The van der Waals surface area contributed by atoms with Gasteiger partial charge in [0.25, 0.3) is 0 Å². The summed E-state index contributed by atoms with van der Waals surface area (Å²) in [5, 5.41) is 19.9. The molecule has 0 aromatic heterocycles. The molecule has 102 valence electrons. The molecule has 0 aliphatic carbocycles. The molecule has 1 aromatic rings. The van der Waals surface area contributed by atoms with Crippen LogP contribution in [0.3, 0.4) is 0 Å². The van der Waals surface area contributed by atoms with Crippen molar-refractivity contribution in [3.05, 3.63) is 33.3 Å². The smallest absolute Gasteiger partial charge is 0.0816 e. The van der Waals surface area contributed by atoms with Crippen molar-refractivity contribution >= 4 is 27.5 Å². The molecule has 18 heavy (non-hydrogen) atoms. The standard InChI is InChI=1S/C13H19BrClNO2/c1-9(17)8-16(2)6-5-13(18)11-4-3-10(14)7-12(11)15/h3-4,7,9,13,17-18H,5-6,8H2,1-2H3. The largest absolute Gasteiger partial charge is 0.392 e. The number of likely N-dealkylation sites (N-methyl/N-ethyl adjacent to an activating group) is 1. The molecular formula is C13H19BrClNO2. The molecule has 0 amide bonds. The lowest BCUT2D eigenvalue weighted by atomic mass is 10.1. The molecule has 3 nitrogen and oxygen atoms in total. The first-order chi connectivity index (χ1) is 8.40. The average Bonchev–Trinajstić information content (AvgIpc) is 2.25. The van der Waals surface area contributed by atoms with Crippen molar-refractivity contribution in [1.82, 2.24) is 4.90 Å². The van der Waals surface area contributed by atoms with Gasteiger partial charge in [0.15, 0.2) is 0 Å². The molecule has 1 rings (SSSR count). The van der Waals surface area contributed by atoms with Crippen LogP contribution in [0.25, 0.3) is 0 Å². The van der Waals surface area contributed by atoms with Crippen LogP contribution in [0, 0.1) is 0 Å². The van der Waals surface area contributed by atoms with E-state index in [1.807, 2.05) is 24.1 Å². The maximum absolute atomic E-state index is 10.1. The molecule has 0 heterocycles. The summed E-state index contributed by atoms with van der Waals surface area (Å²) in [4.78, 5) is 1.99. The minimum Gasteiger partial charge on any atom is -0.392 e. The molecule has 2 unspecified atom stereocenters. The van der Waals surface area contributed by atoms with Gasteiger partial charge >= 0.3 is 0 Å². The zero-order valence-corrected chi connectivity index (χ0v) is 12.9. The van der Waals surface area contributed by atoms with Crippen LogP contribution < -0.4 is 0 Å². The molecule has 0 fully saturated rings. The highest BCUT2D eigenvalue weighted by Crippen LogP contribution is 2.28. The lowest BCUT2D eigenvalue weighted by molar-refractivity contribution is 0.116. The second-order valence-corrected chi connectivity index (χ2v) is 5.90. The van der Waals surface area contributed by atoms with Gasteiger partial charge in [-0.25, -0.2) is 0 Å². The Morgan fingerprint density at radius 2 is 2.06 bits per heavy atom. The van der Waals surface area contributed by atoms with E-state index in [1.54, 1.807) is 13.0 Å². The van der Waals surface area contributed by atoms with Gasteiger partial charge in [0.1, 0.15) is 0 Å². The maximum atomic E-state index is 10.1. The molecule has 0 spiro atoms. The van der Waals surface area contributed by atoms with E-state index in [2.05, 4.69) is 15.9 Å². The quantitative estimate of drug-likeness (QED) is 0.839. The molecule has 0 aliphatic heterocycles. The highest BCUT2D eigenvalue weighted by Gasteiger charge is 2.13. The second kappa shape index (κ2) is 7.46. The van der Waals surface area contributed by atoms with Crippen LogP contribution in [-0.2, 0) is 0 Å². The van der Waals surface area contributed by atoms with E-state index in [4.69, 9.17) is 11.6 Å². The van der Waals surface area contributed by atoms with Crippen molar-refractivity contribution < 1.29 is 10.2 Å². The summed E-state index contributed by atoms with van der Waals surface area (Å²) in [6.45, 7) is 3.05. The predicted molar refractivity (Wildman–Crippen MR) is 77.9 cm³/mol. The lowest BCUT2D eigenvalue weighted by Gasteiger charge is -2.20. The van der Waals surface area contributed by atoms with Crippen LogP contribution in [0.1, 0.15) is 25.0 Å². The van der Waals surface area contributed by atoms with Gasteiger partial charge in [-0.2, -0.15) is 0 Å². The van der Waals surface area contributed by atoms with Crippen LogP contribution in [0.2, 0.25) is 5.02 Å². The summed E-state index contributed by atoms with van der Waals surface area (Å²) in [5.41, 5.74) is 0.741. The van der Waals surface area contributed by atoms with E-state index in [0.717, 1.165) is 10.0 Å². The van der Waals surface area contributed by atoms with Crippen molar-refractivity contribution in [1.29, 1.82) is 0 Å².